The number of hydrogen-bond donors (Lipinski definition) is 2. The van der Waals surface area contributed by atoms with Crippen molar-refractivity contribution in [1.82, 2.24) is 0 Å². The lowest BCUT2D eigenvalue weighted by Gasteiger charge is -2.11. The van der Waals surface area contributed by atoms with Crippen molar-refractivity contribution in [1.29, 1.82) is 0 Å². The summed E-state index contributed by atoms with van der Waals surface area (Å²) in [7, 11) is 0. The molecule has 0 saturated carbocycles. The molecule has 0 fully saturated rings. The summed E-state index contributed by atoms with van der Waals surface area (Å²) in [5, 5.41) is 0. The van der Waals surface area contributed by atoms with E-state index in [0.29, 0.717) is 24.0 Å². The van der Waals surface area contributed by atoms with Gasteiger partial charge in [-0.25, -0.2) is 0 Å². The van der Waals surface area contributed by atoms with E-state index in [2.05, 4.69) is 13.8 Å². The third-order valence-corrected chi connectivity index (χ3v) is 10.5. The molecular weight excluding hydrogens is 588 g/mol. The first-order valence-electron chi connectivity index (χ1n) is 21.9. The first-order chi connectivity index (χ1) is 23.5. The number of unbranched alkanes of at least 4 members (excludes halogenated alkanes) is 34. The van der Waals surface area contributed by atoms with Gasteiger partial charge in [-0.05, 0) is 25.7 Å². The van der Waals surface area contributed by atoms with Gasteiger partial charge in [0.15, 0.2) is 0 Å². The van der Waals surface area contributed by atoms with E-state index in [-0.39, 0.29) is 0 Å². The van der Waals surface area contributed by atoms with E-state index in [9.17, 15) is 9.59 Å². The number of carbonyl (C=O) groups excluding carboxylic acids is 2. The van der Waals surface area contributed by atoms with Crippen LogP contribution in [0.4, 0.5) is 0 Å². The zero-order valence-electron chi connectivity index (χ0n) is 32.8. The second-order valence-electron chi connectivity index (χ2n) is 15.2. The molecule has 0 aromatic rings. The van der Waals surface area contributed by atoms with Crippen molar-refractivity contribution >= 4 is 11.8 Å². The van der Waals surface area contributed by atoms with Gasteiger partial charge in [0.25, 0.3) is 0 Å². The normalized spacial score (nSPS) is 12.0. The summed E-state index contributed by atoms with van der Waals surface area (Å²) < 4.78 is 0. The van der Waals surface area contributed by atoms with Crippen molar-refractivity contribution in [2.75, 3.05) is 0 Å². The fourth-order valence-corrected chi connectivity index (χ4v) is 7.25. The minimum Gasteiger partial charge on any atom is -0.366 e. The van der Waals surface area contributed by atoms with Crippen LogP contribution in [-0.4, -0.2) is 11.8 Å². The number of carbonyl (C=O) groups is 2. The lowest BCUT2D eigenvalue weighted by atomic mass is 9.95. The van der Waals surface area contributed by atoms with Crippen molar-refractivity contribution in [2.24, 2.45) is 11.5 Å². The largest absolute Gasteiger partial charge is 0.366 e. The lowest BCUT2D eigenvalue weighted by molar-refractivity contribution is -0.117. The molecule has 4 N–H and O–H groups in total. The third-order valence-electron chi connectivity index (χ3n) is 10.5. The number of nitrogens with two attached hydrogens (primary N) is 2. The Bertz CT molecular complexity index is 671. The minimum atomic E-state index is -0.460. The predicted octanol–water partition coefficient (Wildman–Crippen LogP) is 14.1. The van der Waals surface area contributed by atoms with Gasteiger partial charge in [0, 0.05) is 11.1 Å². The lowest BCUT2D eigenvalue weighted by Crippen LogP contribution is -2.23. The van der Waals surface area contributed by atoms with Crippen molar-refractivity contribution < 1.29 is 9.59 Å². The van der Waals surface area contributed by atoms with Crippen LogP contribution in [0.1, 0.15) is 258 Å². The van der Waals surface area contributed by atoms with E-state index in [1.807, 2.05) is 0 Å². The van der Waals surface area contributed by atoms with Gasteiger partial charge in [0.1, 0.15) is 0 Å². The van der Waals surface area contributed by atoms with E-state index >= 15 is 0 Å². The van der Waals surface area contributed by atoms with Crippen LogP contribution in [0, 0.1) is 0 Å². The van der Waals surface area contributed by atoms with Crippen molar-refractivity contribution in [3.63, 3.8) is 0 Å². The Morgan fingerprint density at radius 3 is 0.562 bits per heavy atom. The molecule has 0 unspecified atom stereocenters. The molecule has 284 valence electrons. The Labute approximate surface area is 301 Å². The summed E-state index contributed by atoms with van der Waals surface area (Å²) in [6, 6.07) is 0. The molecule has 0 aromatic heterocycles. The molecule has 0 bridgehead atoms. The highest BCUT2D eigenvalue weighted by atomic mass is 16.2. The second kappa shape index (κ2) is 38.5. The topological polar surface area (TPSA) is 86.2 Å². The van der Waals surface area contributed by atoms with Crippen molar-refractivity contribution in [2.45, 2.75) is 258 Å². The number of rotatable bonds is 40. The fourth-order valence-electron chi connectivity index (χ4n) is 7.25. The number of primary amides is 2. The summed E-state index contributed by atoms with van der Waals surface area (Å²) in [6.07, 6.45) is 49.2. The average molecular weight is 675 g/mol. The van der Waals surface area contributed by atoms with Crippen LogP contribution >= 0.6 is 0 Å². The van der Waals surface area contributed by atoms with Crippen LogP contribution in [0.2, 0.25) is 0 Å². The quantitative estimate of drug-likeness (QED) is 0.0500. The third kappa shape index (κ3) is 33.2. The summed E-state index contributed by atoms with van der Waals surface area (Å²) in [6.45, 7) is 4.57. The molecule has 0 aliphatic heterocycles. The fraction of sp³-hybridized carbons (Fsp3) is 0.909. The van der Waals surface area contributed by atoms with E-state index < -0.39 is 11.8 Å². The molecule has 0 spiro atoms. The summed E-state index contributed by atoms with van der Waals surface area (Å²) in [5.41, 5.74) is 12.4. The molecule has 0 aliphatic rings. The average Bonchev–Trinajstić information content (AvgIpc) is 3.07. The molecule has 2 amide bonds. The molecule has 48 heavy (non-hydrogen) atoms. The van der Waals surface area contributed by atoms with E-state index in [0.717, 1.165) is 25.7 Å². The van der Waals surface area contributed by atoms with Gasteiger partial charge in [-0.15, -0.1) is 0 Å². The van der Waals surface area contributed by atoms with E-state index in [1.165, 1.54) is 205 Å². The molecule has 0 rings (SSSR count). The van der Waals surface area contributed by atoms with Gasteiger partial charge in [0.05, 0.1) is 0 Å². The van der Waals surface area contributed by atoms with E-state index in [1.54, 1.807) is 0 Å². The van der Waals surface area contributed by atoms with Gasteiger partial charge in [-0.2, -0.15) is 0 Å². The maximum Gasteiger partial charge on any atom is 0.245 e. The molecule has 4 nitrogen and oxygen atoms in total. The Morgan fingerprint density at radius 1 is 0.271 bits per heavy atom. The zero-order valence-corrected chi connectivity index (χ0v) is 32.8. The van der Waals surface area contributed by atoms with Crippen LogP contribution in [0.25, 0.3) is 0 Å². The molecule has 0 aliphatic carbocycles. The monoisotopic (exact) mass is 675 g/mol. The standard InChI is InChI=1S/C44H86N2O2/c1-3-5-7-9-11-13-15-17-19-21-23-25-27-29-31-33-35-37-39-41(43(45)47)42(44(46)48)40-38-36-34-32-30-28-26-24-22-20-18-16-14-12-10-8-6-4-2/h3-40H2,1-2H3,(H2,45,47)(H2,46,48)/b42-41-. The molecule has 0 atom stereocenters. The Morgan fingerprint density at radius 2 is 0.417 bits per heavy atom. The van der Waals surface area contributed by atoms with Crippen LogP contribution < -0.4 is 11.5 Å². The highest BCUT2D eigenvalue weighted by molar-refractivity contribution is 6.03. The summed E-state index contributed by atoms with van der Waals surface area (Å²) in [5.74, 6) is -0.920. The Kier molecular flexibility index (Phi) is 37.4. The van der Waals surface area contributed by atoms with Gasteiger partial charge < -0.3 is 11.5 Å². The maximum atomic E-state index is 12.2. The molecule has 4 heteroatoms. The van der Waals surface area contributed by atoms with Gasteiger partial charge in [-0.3, -0.25) is 9.59 Å². The molecule has 0 saturated heterocycles. The molecule has 0 aromatic carbocycles. The van der Waals surface area contributed by atoms with Crippen LogP contribution in [0.15, 0.2) is 11.1 Å². The second-order valence-corrected chi connectivity index (χ2v) is 15.2. The minimum absolute atomic E-state index is 0.460. The van der Waals surface area contributed by atoms with Crippen molar-refractivity contribution in [3.05, 3.63) is 11.1 Å². The maximum absolute atomic E-state index is 12.2. The summed E-state index contributed by atoms with van der Waals surface area (Å²) in [4.78, 5) is 24.4. The highest BCUT2D eigenvalue weighted by Crippen LogP contribution is 2.21. The Hall–Kier alpha value is -1.32. The van der Waals surface area contributed by atoms with Crippen LogP contribution in [0.3, 0.4) is 0 Å². The van der Waals surface area contributed by atoms with Gasteiger partial charge in [-0.1, -0.05) is 232 Å². The molecule has 0 radical (unpaired) electrons. The predicted molar refractivity (Wildman–Crippen MR) is 212 cm³/mol. The molecule has 0 heterocycles. The summed E-state index contributed by atoms with van der Waals surface area (Å²) >= 11 is 0. The van der Waals surface area contributed by atoms with E-state index in [4.69, 9.17) is 11.5 Å². The highest BCUT2D eigenvalue weighted by Gasteiger charge is 2.16. The smallest absolute Gasteiger partial charge is 0.245 e. The van der Waals surface area contributed by atoms with Crippen LogP contribution in [-0.2, 0) is 9.59 Å². The first-order valence-corrected chi connectivity index (χ1v) is 21.9. The Balaban J connectivity index is 3.78. The first kappa shape index (κ1) is 46.7. The van der Waals surface area contributed by atoms with Gasteiger partial charge in [0.2, 0.25) is 11.8 Å². The zero-order chi connectivity index (χ0) is 35.2. The molecular formula is C44H86N2O2. The van der Waals surface area contributed by atoms with Crippen molar-refractivity contribution in [3.8, 4) is 0 Å². The number of amides is 2. The SMILES string of the molecule is CCCCCCCCCCCCCCCCCCCC/C(C(N)=O)=C(\CCCCCCCCCCCCCCCCCCCC)C(N)=O. The number of hydrogen-bond acceptors (Lipinski definition) is 2. The van der Waals surface area contributed by atoms with Gasteiger partial charge >= 0.3 is 0 Å². The van der Waals surface area contributed by atoms with Crippen LogP contribution in [0.5, 0.6) is 0 Å².